The second kappa shape index (κ2) is 10.7. The molecule has 2 aromatic carbocycles. The van der Waals surface area contributed by atoms with Crippen molar-refractivity contribution in [2.24, 2.45) is 11.8 Å². The maximum Gasteiger partial charge on any atom is 0.407 e. The Morgan fingerprint density at radius 3 is 2.12 bits per heavy atom. The van der Waals surface area contributed by atoms with Crippen LogP contribution in [0.3, 0.4) is 0 Å². The van der Waals surface area contributed by atoms with E-state index < -0.39 is 18.2 Å². The number of hydrogen-bond acceptors (Lipinski definition) is 5. The summed E-state index contributed by atoms with van der Waals surface area (Å²) in [4.78, 5) is 35.3. The summed E-state index contributed by atoms with van der Waals surface area (Å²) >= 11 is 0. The summed E-state index contributed by atoms with van der Waals surface area (Å²) in [5.41, 5.74) is 4.50. The third-order valence-corrected chi connectivity index (χ3v) is 6.53. The first-order valence-corrected chi connectivity index (χ1v) is 11.7. The highest BCUT2D eigenvalue weighted by Gasteiger charge is 2.33. The lowest BCUT2D eigenvalue weighted by Gasteiger charge is -2.17. The van der Waals surface area contributed by atoms with Crippen molar-refractivity contribution in [2.75, 3.05) is 19.7 Å². The summed E-state index contributed by atoms with van der Waals surface area (Å²) < 4.78 is 5.43. The third-order valence-electron chi connectivity index (χ3n) is 6.53. The van der Waals surface area contributed by atoms with Crippen LogP contribution >= 0.6 is 0 Å². The van der Waals surface area contributed by atoms with Crippen LogP contribution in [-0.4, -0.2) is 54.0 Å². The number of benzene rings is 2. The van der Waals surface area contributed by atoms with Gasteiger partial charge in [0.05, 0.1) is 18.9 Å². The number of aliphatic carboxylic acids is 1. The number of alkyl carbamates (subject to hydrolysis) is 1. The maximum atomic E-state index is 12.2. The number of hydrogen-bond donors (Lipinski definition) is 4. The summed E-state index contributed by atoms with van der Waals surface area (Å²) in [5, 5.41) is 24.3. The molecule has 2 amide bonds. The van der Waals surface area contributed by atoms with Crippen LogP contribution < -0.4 is 10.6 Å². The molecule has 0 radical (unpaired) electrons. The number of amides is 2. The van der Waals surface area contributed by atoms with Crippen molar-refractivity contribution in [3.05, 3.63) is 59.7 Å². The van der Waals surface area contributed by atoms with Crippen LogP contribution in [0.1, 0.15) is 42.7 Å². The first kappa shape index (κ1) is 23.8. The molecule has 8 heteroatoms. The quantitative estimate of drug-likeness (QED) is 0.404. The minimum absolute atomic E-state index is 0.0246. The Kier molecular flexibility index (Phi) is 7.47. The van der Waals surface area contributed by atoms with Gasteiger partial charge in [-0.25, -0.2) is 4.79 Å². The maximum absolute atomic E-state index is 12.2. The lowest BCUT2D eigenvalue weighted by molar-refractivity contribution is -0.138. The highest BCUT2D eigenvalue weighted by atomic mass is 16.5. The number of rotatable bonds is 11. The van der Waals surface area contributed by atoms with Gasteiger partial charge in [-0.3, -0.25) is 9.59 Å². The van der Waals surface area contributed by atoms with Crippen LogP contribution in [-0.2, 0) is 14.3 Å². The molecule has 0 bridgehead atoms. The zero-order chi connectivity index (χ0) is 24.1. The molecule has 0 spiro atoms. The summed E-state index contributed by atoms with van der Waals surface area (Å²) in [7, 11) is 0. The summed E-state index contributed by atoms with van der Waals surface area (Å²) in [6.07, 6.45) is 0.0855. The van der Waals surface area contributed by atoms with E-state index in [0.717, 1.165) is 35.1 Å². The predicted molar refractivity (Wildman–Crippen MR) is 125 cm³/mol. The lowest BCUT2D eigenvalue weighted by atomic mass is 9.98. The molecule has 0 aromatic heterocycles. The number of carboxylic acid groups (broad SMARTS) is 1. The molecule has 0 saturated heterocycles. The lowest BCUT2D eigenvalue weighted by Crippen LogP contribution is -2.38. The predicted octanol–water partition coefficient (Wildman–Crippen LogP) is 2.89. The molecule has 1 saturated carbocycles. The highest BCUT2D eigenvalue weighted by Crippen LogP contribution is 2.44. The number of aliphatic hydroxyl groups is 1. The summed E-state index contributed by atoms with van der Waals surface area (Å²) in [6, 6.07) is 16.1. The Labute approximate surface area is 198 Å². The largest absolute Gasteiger partial charge is 0.481 e. The molecular weight excluding hydrogens is 436 g/mol. The van der Waals surface area contributed by atoms with E-state index in [0.29, 0.717) is 5.92 Å². The fraction of sp³-hybridized carbons (Fsp3) is 0.423. The Morgan fingerprint density at radius 1 is 0.912 bits per heavy atom. The number of aliphatic hydroxyl groups excluding tert-OH is 1. The van der Waals surface area contributed by atoms with E-state index in [9.17, 15) is 19.5 Å². The van der Waals surface area contributed by atoms with Gasteiger partial charge in [0.1, 0.15) is 6.61 Å². The van der Waals surface area contributed by atoms with Gasteiger partial charge in [0, 0.05) is 19.0 Å². The normalized spacial score (nSPS) is 16.1. The molecule has 2 aromatic rings. The van der Waals surface area contributed by atoms with Crippen molar-refractivity contribution in [1.82, 2.24) is 10.6 Å². The Bertz CT molecular complexity index is 1010. The minimum atomic E-state index is -1.07. The van der Waals surface area contributed by atoms with E-state index in [4.69, 9.17) is 9.84 Å². The molecule has 1 fully saturated rings. The molecule has 4 N–H and O–H groups in total. The standard InChI is InChI=1S/C26H30N2O6/c29-18(12-24(30)27-13-17(11-25(31)32)16-9-10-16)14-28-26(33)34-15-23-21-7-3-1-5-19(21)20-6-2-4-8-22(20)23/h1-8,16-18,23,29H,9-15H2,(H,27,30)(H,28,33)(H,31,32). The number of nitrogens with one attached hydrogen (secondary N) is 2. The zero-order valence-electron chi connectivity index (χ0n) is 18.9. The monoisotopic (exact) mass is 466 g/mol. The van der Waals surface area contributed by atoms with Crippen LogP contribution in [0.4, 0.5) is 4.79 Å². The molecule has 8 nitrogen and oxygen atoms in total. The topological polar surface area (TPSA) is 125 Å². The first-order chi connectivity index (χ1) is 16.4. The number of fused-ring (bicyclic) bond motifs is 3. The van der Waals surface area contributed by atoms with Crippen molar-refractivity contribution in [3.63, 3.8) is 0 Å². The number of carbonyl (C=O) groups is 3. The van der Waals surface area contributed by atoms with Crippen LogP contribution in [0.2, 0.25) is 0 Å². The molecule has 2 unspecified atom stereocenters. The highest BCUT2D eigenvalue weighted by molar-refractivity contribution is 5.79. The second-order valence-corrected chi connectivity index (χ2v) is 9.06. The van der Waals surface area contributed by atoms with Gasteiger partial charge in [0.2, 0.25) is 5.91 Å². The summed E-state index contributed by atoms with van der Waals surface area (Å²) in [5.74, 6) is -1.05. The van der Waals surface area contributed by atoms with Crippen molar-refractivity contribution in [2.45, 2.75) is 37.7 Å². The van der Waals surface area contributed by atoms with Gasteiger partial charge in [-0.2, -0.15) is 0 Å². The molecule has 0 aliphatic heterocycles. The van der Waals surface area contributed by atoms with Crippen molar-refractivity contribution in [3.8, 4) is 11.1 Å². The Balaban J connectivity index is 1.19. The van der Waals surface area contributed by atoms with E-state index >= 15 is 0 Å². The molecule has 2 aliphatic carbocycles. The van der Waals surface area contributed by atoms with Gasteiger partial charge >= 0.3 is 12.1 Å². The fourth-order valence-electron chi connectivity index (χ4n) is 4.65. The third kappa shape index (κ3) is 5.94. The van der Waals surface area contributed by atoms with Crippen molar-refractivity contribution < 1.29 is 29.3 Å². The van der Waals surface area contributed by atoms with Gasteiger partial charge in [0.25, 0.3) is 0 Å². The number of carbonyl (C=O) groups excluding carboxylic acids is 2. The van der Waals surface area contributed by atoms with E-state index in [1.54, 1.807) is 0 Å². The smallest absolute Gasteiger partial charge is 0.407 e. The van der Waals surface area contributed by atoms with E-state index in [-0.39, 0.29) is 50.3 Å². The van der Waals surface area contributed by atoms with Crippen LogP contribution in [0.15, 0.2) is 48.5 Å². The van der Waals surface area contributed by atoms with Gasteiger partial charge in [-0.1, -0.05) is 48.5 Å². The van der Waals surface area contributed by atoms with Crippen molar-refractivity contribution >= 4 is 18.0 Å². The van der Waals surface area contributed by atoms with Crippen LogP contribution in [0.25, 0.3) is 11.1 Å². The Hall–Kier alpha value is -3.39. The van der Waals surface area contributed by atoms with Gasteiger partial charge < -0.3 is 25.6 Å². The van der Waals surface area contributed by atoms with Crippen LogP contribution in [0.5, 0.6) is 0 Å². The zero-order valence-corrected chi connectivity index (χ0v) is 18.9. The van der Waals surface area contributed by atoms with Gasteiger partial charge in [0.15, 0.2) is 0 Å². The molecule has 4 rings (SSSR count). The minimum Gasteiger partial charge on any atom is -0.481 e. The average Bonchev–Trinajstić information content (AvgIpc) is 3.62. The molecule has 2 aliphatic rings. The van der Waals surface area contributed by atoms with E-state index in [1.807, 2.05) is 36.4 Å². The molecule has 0 heterocycles. The molecular formula is C26H30N2O6. The molecule has 180 valence electrons. The molecule has 2 atom stereocenters. The number of carboxylic acids is 1. The van der Waals surface area contributed by atoms with E-state index in [1.165, 1.54) is 0 Å². The fourth-order valence-corrected chi connectivity index (χ4v) is 4.65. The SMILES string of the molecule is O=C(O)CC(CNC(=O)CC(O)CNC(=O)OCC1c2ccccc2-c2ccccc21)C1CC1. The Morgan fingerprint density at radius 2 is 1.53 bits per heavy atom. The van der Waals surface area contributed by atoms with Gasteiger partial charge in [-0.15, -0.1) is 0 Å². The molecule has 34 heavy (non-hydrogen) atoms. The van der Waals surface area contributed by atoms with Crippen molar-refractivity contribution in [1.29, 1.82) is 0 Å². The number of ether oxygens (including phenoxy) is 1. The average molecular weight is 467 g/mol. The first-order valence-electron chi connectivity index (χ1n) is 11.7. The van der Waals surface area contributed by atoms with Crippen LogP contribution in [0, 0.1) is 11.8 Å². The van der Waals surface area contributed by atoms with Gasteiger partial charge in [-0.05, 0) is 46.9 Å². The van der Waals surface area contributed by atoms with E-state index in [2.05, 4.69) is 22.8 Å². The second-order valence-electron chi connectivity index (χ2n) is 9.06. The summed E-state index contributed by atoms with van der Waals surface area (Å²) in [6.45, 7) is 0.330.